The molecule has 1 unspecified atom stereocenters. The molecule has 14 heavy (non-hydrogen) atoms. The summed E-state index contributed by atoms with van der Waals surface area (Å²) in [5.41, 5.74) is 6.98. The SMILES string of the molecule is CCCC(N)Cc1csc(OCC)n1. The van der Waals surface area contributed by atoms with Gasteiger partial charge in [0.2, 0.25) is 0 Å². The van der Waals surface area contributed by atoms with E-state index in [-0.39, 0.29) is 6.04 Å². The summed E-state index contributed by atoms with van der Waals surface area (Å²) in [5.74, 6) is 0. The Hall–Kier alpha value is -0.610. The molecule has 1 aromatic rings. The molecule has 0 saturated heterocycles. The van der Waals surface area contributed by atoms with Gasteiger partial charge in [-0.1, -0.05) is 24.7 Å². The molecule has 0 aliphatic carbocycles. The van der Waals surface area contributed by atoms with Crippen molar-refractivity contribution in [2.24, 2.45) is 5.73 Å². The van der Waals surface area contributed by atoms with Gasteiger partial charge in [0.1, 0.15) is 0 Å². The lowest BCUT2D eigenvalue weighted by Crippen LogP contribution is -2.22. The van der Waals surface area contributed by atoms with Crippen LogP contribution in [0.2, 0.25) is 0 Å². The zero-order valence-corrected chi connectivity index (χ0v) is 9.64. The van der Waals surface area contributed by atoms with Crippen molar-refractivity contribution in [3.05, 3.63) is 11.1 Å². The zero-order chi connectivity index (χ0) is 10.4. The normalized spacial score (nSPS) is 12.8. The molecule has 0 fully saturated rings. The molecular formula is C10H18N2OS. The highest BCUT2D eigenvalue weighted by atomic mass is 32.1. The van der Waals surface area contributed by atoms with E-state index in [1.54, 1.807) is 11.3 Å². The molecule has 0 spiro atoms. The molecular weight excluding hydrogens is 196 g/mol. The summed E-state index contributed by atoms with van der Waals surface area (Å²) >= 11 is 1.55. The van der Waals surface area contributed by atoms with Crippen LogP contribution < -0.4 is 10.5 Å². The first kappa shape index (κ1) is 11.5. The highest BCUT2D eigenvalue weighted by Crippen LogP contribution is 2.19. The minimum Gasteiger partial charge on any atom is -0.470 e. The van der Waals surface area contributed by atoms with Gasteiger partial charge in [-0.2, -0.15) is 0 Å². The monoisotopic (exact) mass is 214 g/mol. The van der Waals surface area contributed by atoms with Gasteiger partial charge in [0.15, 0.2) is 0 Å². The van der Waals surface area contributed by atoms with Gasteiger partial charge in [0.25, 0.3) is 5.19 Å². The van der Waals surface area contributed by atoms with Crippen LogP contribution in [-0.2, 0) is 6.42 Å². The summed E-state index contributed by atoms with van der Waals surface area (Å²) in [7, 11) is 0. The zero-order valence-electron chi connectivity index (χ0n) is 8.82. The van der Waals surface area contributed by atoms with Crippen LogP contribution in [0.1, 0.15) is 32.4 Å². The van der Waals surface area contributed by atoms with Gasteiger partial charge < -0.3 is 10.5 Å². The summed E-state index contributed by atoms with van der Waals surface area (Å²) < 4.78 is 5.29. The van der Waals surface area contributed by atoms with E-state index in [9.17, 15) is 0 Å². The largest absolute Gasteiger partial charge is 0.470 e. The van der Waals surface area contributed by atoms with E-state index < -0.39 is 0 Å². The van der Waals surface area contributed by atoms with Crippen LogP contribution >= 0.6 is 11.3 Å². The maximum Gasteiger partial charge on any atom is 0.273 e. The summed E-state index contributed by atoms with van der Waals surface area (Å²) in [6.07, 6.45) is 3.04. The molecule has 1 aromatic heterocycles. The van der Waals surface area contributed by atoms with Gasteiger partial charge in [-0.3, -0.25) is 0 Å². The van der Waals surface area contributed by atoms with Crippen molar-refractivity contribution in [1.82, 2.24) is 4.98 Å². The second kappa shape index (κ2) is 5.98. The van der Waals surface area contributed by atoms with Crippen LogP contribution in [-0.4, -0.2) is 17.6 Å². The maximum atomic E-state index is 5.92. The lowest BCUT2D eigenvalue weighted by molar-refractivity contribution is 0.337. The lowest BCUT2D eigenvalue weighted by atomic mass is 10.1. The highest BCUT2D eigenvalue weighted by Gasteiger charge is 2.07. The number of aromatic nitrogens is 1. The predicted molar refractivity (Wildman–Crippen MR) is 59.9 cm³/mol. The average Bonchev–Trinajstić information content (AvgIpc) is 2.53. The number of ether oxygens (including phenoxy) is 1. The van der Waals surface area contributed by atoms with E-state index in [1.807, 2.05) is 12.3 Å². The first-order chi connectivity index (χ1) is 6.76. The van der Waals surface area contributed by atoms with Gasteiger partial charge in [0, 0.05) is 17.8 Å². The molecule has 3 nitrogen and oxygen atoms in total. The molecule has 2 N–H and O–H groups in total. The number of thiazole rings is 1. The van der Waals surface area contributed by atoms with E-state index in [0.717, 1.165) is 30.2 Å². The number of rotatable bonds is 6. The van der Waals surface area contributed by atoms with Crippen molar-refractivity contribution in [3.63, 3.8) is 0 Å². The topological polar surface area (TPSA) is 48.1 Å². The third kappa shape index (κ3) is 3.64. The Kier molecular flexibility index (Phi) is 4.90. The Morgan fingerprint density at radius 1 is 1.57 bits per heavy atom. The summed E-state index contributed by atoms with van der Waals surface area (Å²) in [5, 5.41) is 2.78. The molecule has 1 atom stereocenters. The second-order valence-corrected chi connectivity index (χ2v) is 4.11. The van der Waals surface area contributed by atoms with Crippen molar-refractivity contribution in [2.45, 2.75) is 39.2 Å². The molecule has 1 heterocycles. The fraction of sp³-hybridized carbons (Fsp3) is 0.700. The van der Waals surface area contributed by atoms with Crippen LogP contribution in [0.25, 0.3) is 0 Å². The van der Waals surface area contributed by atoms with Crippen LogP contribution in [0.3, 0.4) is 0 Å². The third-order valence-electron chi connectivity index (χ3n) is 1.93. The van der Waals surface area contributed by atoms with E-state index in [4.69, 9.17) is 10.5 Å². The Labute approximate surface area is 89.3 Å². The minimum atomic E-state index is 0.233. The summed E-state index contributed by atoms with van der Waals surface area (Å²) in [6.45, 7) is 4.78. The lowest BCUT2D eigenvalue weighted by Gasteiger charge is -2.06. The molecule has 0 amide bonds. The van der Waals surface area contributed by atoms with E-state index in [1.165, 1.54) is 0 Å². The Morgan fingerprint density at radius 2 is 2.36 bits per heavy atom. The molecule has 0 aromatic carbocycles. The molecule has 0 saturated carbocycles. The van der Waals surface area contributed by atoms with Crippen LogP contribution in [0.4, 0.5) is 0 Å². The Morgan fingerprint density at radius 3 is 3.00 bits per heavy atom. The predicted octanol–water partition coefficient (Wildman–Crippen LogP) is 2.21. The molecule has 80 valence electrons. The summed E-state index contributed by atoms with van der Waals surface area (Å²) in [4.78, 5) is 4.34. The van der Waals surface area contributed by atoms with E-state index >= 15 is 0 Å². The molecule has 0 radical (unpaired) electrons. The Bertz CT molecular complexity index is 262. The number of nitrogens with zero attached hydrogens (tertiary/aromatic N) is 1. The first-order valence-electron chi connectivity index (χ1n) is 5.09. The third-order valence-corrected chi connectivity index (χ3v) is 2.73. The van der Waals surface area contributed by atoms with Gasteiger partial charge in [-0.05, 0) is 13.3 Å². The minimum absolute atomic E-state index is 0.233. The van der Waals surface area contributed by atoms with Crippen molar-refractivity contribution in [1.29, 1.82) is 0 Å². The van der Waals surface area contributed by atoms with Crippen LogP contribution in [0.15, 0.2) is 5.38 Å². The number of hydrogen-bond donors (Lipinski definition) is 1. The van der Waals surface area contributed by atoms with Gasteiger partial charge in [-0.15, -0.1) is 0 Å². The fourth-order valence-corrected chi connectivity index (χ4v) is 2.06. The second-order valence-electron chi connectivity index (χ2n) is 3.29. The molecule has 4 heteroatoms. The Balaban J connectivity index is 2.42. The van der Waals surface area contributed by atoms with Gasteiger partial charge in [0.05, 0.1) is 12.3 Å². The van der Waals surface area contributed by atoms with Gasteiger partial charge in [-0.25, -0.2) is 4.98 Å². The molecule has 0 aliphatic heterocycles. The smallest absolute Gasteiger partial charge is 0.273 e. The van der Waals surface area contributed by atoms with Crippen molar-refractivity contribution < 1.29 is 4.74 Å². The van der Waals surface area contributed by atoms with Crippen molar-refractivity contribution in [2.75, 3.05) is 6.61 Å². The summed E-state index contributed by atoms with van der Waals surface area (Å²) in [6, 6.07) is 0.233. The van der Waals surface area contributed by atoms with Crippen molar-refractivity contribution >= 4 is 11.3 Å². The maximum absolute atomic E-state index is 5.92. The molecule has 0 aliphatic rings. The van der Waals surface area contributed by atoms with Crippen molar-refractivity contribution in [3.8, 4) is 5.19 Å². The standard InChI is InChI=1S/C10H18N2OS/c1-3-5-8(11)6-9-7-14-10(12-9)13-4-2/h7-8H,3-6,11H2,1-2H3. The van der Waals surface area contributed by atoms with E-state index in [0.29, 0.717) is 6.61 Å². The van der Waals surface area contributed by atoms with Gasteiger partial charge >= 0.3 is 0 Å². The number of hydrogen-bond acceptors (Lipinski definition) is 4. The highest BCUT2D eigenvalue weighted by molar-refractivity contribution is 7.11. The first-order valence-corrected chi connectivity index (χ1v) is 5.97. The molecule has 1 rings (SSSR count). The quantitative estimate of drug-likeness (QED) is 0.790. The number of nitrogens with two attached hydrogens (primary N) is 1. The molecule has 0 bridgehead atoms. The van der Waals surface area contributed by atoms with E-state index in [2.05, 4.69) is 11.9 Å². The van der Waals surface area contributed by atoms with Crippen LogP contribution in [0.5, 0.6) is 5.19 Å². The average molecular weight is 214 g/mol. The fourth-order valence-electron chi connectivity index (χ4n) is 1.31. The van der Waals surface area contributed by atoms with Crippen LogP contribution in [0, 0.1) is 0 Å².